The van der Waals surface area contributed by atoms with Crippen LogP contribution in [0.5, 0.6) is 0 Å². The van der Waals surface area contributed by atoms with E-state index >= 15 is 0 Å². The summed E-state index contributed by atoms with van der Waals surface area (Å²) in [4.78, 5) is 13.8. The molecule has 4 nitrogen and oxygen atoms in total. The van der Waals surface area contributed by atoms with Crippen LogP contribution in [-0.2, 0) is 9.47 Å². The highest BCUT2D eigenvalue weighted by Gasteiger charge is 2.48. The van der Waals surface area contributed by atoms with Crippen LogP contribution in [0.15, 0.2) is 0 Å². The first-order valence-electron chi connectivity index (χ1n) is 6.42. The molecule has 2 aliphatic heterocycles. The van der Waals surface area contributed by atoms with Crippen molar-refractivity contribution in [1.82, 2.24) is 4.90 Å². The van der Waals surface area contributed by atoms with Crippen molar-refractivity contribution >= 4 is 6.09 Å². The van der Waals surface area contributed by atoms with Gasteiger partial charge in [-0.25, -0.2) is 4.79 Å². The van der Waals surface area contributed by atoms with Crippen LogP contribution < -0.4 is 0 Å². The molecular formula is C13H23NO3. The Labute approximate surface area is 103 Å². The lowest BCUT2D eigenvalue weighted by Crippen LogP contribution is -2.46. The molecule has 1 amide bonds. The van der Waals surface area contributed by atoms with Crippen LogP contribution in [0.1, 0.15) is 40.5 Å². The predicted molar refractivity (Wildman–Crippen MR) is 64.9 cm³/mol. The van der Waals surface area contributed by atoms with Gasteiger partial charge in [-0.15, -0.1) is 0 Å². The fourth-order valence-electron chi connectivity index (χ4n) is 2.32. The van der Waals surface area contributed by atoms with Crippen LogP contribution in [0.3, 0.4) is 0 Å². The van der Waals surface area contributed by atoms with Crippen molar-refractivity contribution in [2.24, 2.45) is 5.92 Å². The van der Waals surface area contributed by atoms with Crippen molar-refractivity contribution in [1.29, 1.82) is 0 Å². The van der Waals surface area contributed by atoms with Crippen LogP contribution in [0.25, 0.3) is 0 Å². The van der Waals surface area contributed by atoms with Gasteiger partial charge in [-0.2, -0.15) is 0 Å². The van der Waals surface area contributed by atoms with Gasteiger partial charge in [-0.3, -0.25) is 0 Å². The molecule has 0 spiro atoms. The van der Waals surface area contributed by atoms with E-state index in [0.717, 1.165) is 32.5 Å². The molecule has 17 heavy (non-hydrogen) atoms. The second-order valence-corrected chi connectivity index (χ2v) is 6.37. The second-order valence-electron chi connectivity index (χ2n) is 6.37. The summed E-state index contributed by atoms with van der Waals surface area (Å²) in [5, 5.41) is 0. The van der Waals surface area contributed by atoms with Gasteiger partial charge in [0.25, 0.3) is 0 Å². The maximum Gasteiger partial charge on any atom is 0.410 e. The van der Waals surface area contributed by atoms with Crippen molar-refractivity contribution in [3.63, 3.8) is 0 Å². The summed E-state index contributed by atoms with van der Waals surface area (Å²) in [5.41, 5.74) is -0.398. The monoisotopic (exact) mass is 241 g/mol. The first-order chi connectivity index (χ1) is 7.80. The van der Waals surface area contributed by atoms with Gasteiger partial charge in [0.05, 0.1) is 12.2 Å². The molecule has 2 fully saturated rings. The molecule has 0 N–H and O–H groups in total. The number of epoxide rings is 1. The Hall–Kier alpha value is -0.770. The Morgan fingerprint density at radius 1 is 1.47 bits per heavy atom. The van der Waals surface area contributed by atoms with E-state index in [1.165, 1.54) is 0 Å². The van der Waals surface area contributed by atoms with Crippen LogP contribution >= 0.6 is 0 Å². The molecular weight excluding hydrogens is 218 g/mol. The van der Waals surface area contributed by atoms with Gasteiger partial charge in [-0.05, 0) is 40.5 Å². The number of carbonyl (C=O) groups is 1. The Morgan fingerprint density at radius 3 is 2.65 bits per heavy atom. The number of ether oxygens (including phenoxy) is 2. The molecule has 0 aromatic rings. The van der Waals surface area contributed by atoms with Crippen molar-refractivity contribution in [2.75, 3.05) is 19.7 Å². The molecule has 0 aliphatic carbocycles. The SMILES string of the molecule is CC(C)(C)OC(=O)N1CCC[C@@H]([C@@]2(C)CO2)C1. The zero-order chi connectivity index (χ0) is 12.7. The summed E-state index contributed by atoms with van der Waals surface area (Å²) < 4.78 is 10.9. The first kappa shape index (κ1) is 12.7. The molecule has 0 aromatic heterocycles. The summed E-state index contributed by atoms with van der Waals surface area (Å²) in [5.74, 6) is 0.462. The lowest BCUT2D eigenvalue weighted by atomic mass is 9.87. The van der Waals surface area contributed by atoms with Gasteiger partial charge < -0.3 is 14.4 Å². The second kappa shape index (κ2) is 4.16. The summed E-state index contributed by atoms with van der Waals surface area (Å²) in [6, 6.07) is 0. The number of rotatable bonds is 1. The number of hydrogen-bond acceptors (Lipinski definition) is 3. The highest BCUT2D eigenvalue weighted by Crippen LogP contribution is 2.39. The molecule has 0 saturated carbocycles. The van der Waals surface area contributed by atoms with Gasteiger partial charge >= 0.3 is 6.09 Å². The van der Waals surface area contributed by atoms with Crippen molar-refractivity contribution < 1.29 is 14.3 Å². The summed E-state index contributed by atoms with van der Waals surface area (Å²) in [7, 11) is 0. The molecule has 4 heteroatoms. The molecule has 2 saturated heterocycles. The molecule has 2 heterocycles. The van der Waals surface area contributed by atoms with E-state index in [0.29, 0.717) is 5.92 Å². The van der Waals surface area contributed by atoms with Gasteiger partial charge in [0, 0.05) is 19.0 Å². The van der Waals surface area contributed by atoms with Crippen LogP contribution in [-0.4, -0.2) is 41.9 Å². The number of hydrogen-bond donors (Lipinski definition) is 0. The van der Waals surface area contributed by atoms with E-state index in [-0.39, 0.29) is 11.7 Å². The number of amides is 1. The van der Waals surface area contributed by atoms with E-state index in [9.17, 15) is 4.79 Å². The van der Waals surface area contributed by atoms with E-state index in [1.807, 2.05) is 25.7 Å². The van der Waals surface area contributed by atoms with Gasteiger partial charge in [0.15, 0.2) is 0 Å². The third-order valence-electron chi connectivity index (χ3n) is 3.54. The summed E-state index contributed by atoms with van der Waals surface area (Å²) in [6.07, 6.45) is 2.00. The Morgan fingerprint density at radius 2 is 2.12 bits per heavy atom. The van der Waals surface area contributed by atoms with Gasteiger partial charge in [0.1, 0.15) is 5.60 Å². The molecule has 2 rings (SSSR count). The van der Waals surface area contributed by atoms with Crippen molar-refractivity contribution in [3.05, 3.63) is 0 Å². The first-order valence-corrected chi connectivity index (χ1v) is 6.42. The van der Waals surface area contributed by atoms with Crippen LogP contribution in [0.4, 0.5) is 4.79 Å². The third-order valence-corrected chi connectivity index (χ3v) is 3.54. The quantitative estimate of drug-likeness (QED) is 0.662. The van der Waals surface area contributed by atoms with Gasteiger partial charge in [-0.1, -0.05) is 0 Å². The van der Waals surface area contributed by atoms with Crippen LogP contribution in [0, 0.1) is 5.92 Å². The lowest BCUT2D eigenvalue weighted by Gasteiger charge is -2.35. The van der Waals surface area contributed by atoms with E-state index in [2.05, 4.69) is 6.92 Å². The molecule has 98 valence electrons. The standard InChI is InChI=1S/C13H23NO3/c1-12(2,3)17-11(15)14-7-5-6-10(8-14)13(4)9-16-13/h10H,5-9H2,1-4H3/t10-,13-/m1/s1. The predicted octanol–water partition coefficient (Wildman–Crippen LogP) is 2.42. The number of carbonyl (C=O) groups excluding carboxylic acids is 1. The summed E-state index contributed by atoms with van der Waals surface area (Å²) >= 11 is 0. The zero-order valence-electron chi connectivity index (χ0n) is 11.3. The molecule has 0 bridgehead atoms. The lowest BCUT2D eigenvalue weighted by molar-refractivity contribution is 0.0118. The number of likely N-dealkylation sites (tertiary alicyclic amines) is 1. The van der Waals surface area contributed by atoms with Gasteiger partial charge in [0.2, 0.25) is 0 Å². The average Bonchev–Trinajstić information content (AvgIpc) is 2.96. The fraction of sp³-hybridized carbons (Fsp3) is 0.923. The Bertz CT molecular complexity index is 304. The highest BCUT2D eigenvalue weighted by atomic mass is 16.6. The number of piperidine rings is 1. The topological polar surface area (TPSA) is 42.1 Å². The maximum atomic E-state index is 12.0. The van der Waals surface area contributed by atoms with Crippen LogP contribution in [0.2, 0.25) is 0 Å². The summed E-state index contributed by atoms with van der Waals surface area (Å²) in [6.45, 7) is 10.2. The minimum atomic E-state index is -0.413. The smallest absolute Gasteiger partial charge is 0.410 e. The molecule has 0 unspecified atom stereocenters. The molecule has 2 atom stereocenters. The number of nitrogens with zero attached hydrogens (tertiary/aromatic N) is 1. The Kier molecular flexibility index (Phi) is 3.10. The average molecular weight is 241 g/mol. The molecule has 0 aromatic carbocycles. The fourth-order valence-corrected chi connectivity index (χ4v) is 2.32. The van der Waals surface area contributed by atoms with E-state index < -0.39 is 5.60 Å². The molecule has 0 radical (unpaired) electrons. The zero-order valence-corrected chi connectivity index (χ0v) is 11.3. The Balaban J connectivity index is 1.91. The maximum absolute atomic E-state index is 12.0. The highest BCUT2D eigenvalue weighted by molar-refractivity contribution is 5.68. The molecule has 2 aliphatic rings. The normalized spacial score (nSPS) is 33.4. The van der Waals surface area contributed by atoms with Crippen molar-refractivity contribution in [2.45, 2.75) is 51.7 Å². The minimum Gasteiger partial charge on any atom is -0.444 e. The van der Waals surface area contributed by atoms with Crippen molar-refractivity contribution in [3.8, 4) is 0 Å². The minimum absolute atomic E-state index is 0.0146. The van der Waals surface area contributed by atoms with E-state index in [1.54, 1.807) is 0 Å². The van der Waals surface area contributed by atoms with E-state index in [4.69, 9.17) is 9.47 Å². The third kappa shape index (κ3) is 3.12. The largest absolute Gasteiger partial charge is 0.444 e.